The second kappa shape index (κ2) is 7.04. The first-order valence-corrected chi connectivity index (χ1v) is 8.94. The third-order valence-electron chi connectivity index (χ3n) is 4.88. The number of rotatable bonds is 4. The van der Waals surface area contributed by atoms with Gasteiger partial charge in [-0.1, -0.05) is 41.0 Å². The third kappa shape index (κ3) is 3.17. The summed E-state index contributed by atoms with van der Waals surface area (Å²) in [7, 11) is 3.38. The van der Waals surface area contributed by atoms with Crippen molar-refractivity contribution >= 4 is 17.5 Å². The number of methoxy groups -OCH3 is 1. The average molecular weight is 384 g/mol. The molecular formula is C20H18ClN3O3. The Hall–Kier alpha value is -2.86. The van der Waals surface area contributed by atoms with Gasteiger partial charge in [0.2, 0.25) is 17.6 Å². The van der Waals surface area contributed by atoms with Crippen molar-refractivity contribution in [2.24, 2.45) is 0 Å². The first-order chi connectivity index (χ1) is 13.1. The molecule has 0 aliphatic carbocycles. The molecule has 1 aromatic heterocycles. The highest BCUT2D eigenvalue weighted by atomic mass is 35.5. The highest BCUT2D eigenvalue weighted by Gasteiger charge is 2.42. The maximum absolute atomic E-state index is 12.4. The molecule has 0 N–H and O–H groups in total. The molecular weight excluding hydrogens is 366 g/mol. The molecule has 3 aromatic rings. The first-order valence-electron chi connectivity index (χ1n) is 8.56. The Morgan fingerprint density at radius 1 is 1.22 bits per heavy atom. The topological polar surface area (TPSA) is 68.5 Å². The highest BCUT2D eigenvalue weighted by Crippen LogP contribution is 2.44. The van der Waals surface area contributed by atoms with E-state index in [2.05, 4.69) is 10.1 Å². The summed E-state index contributed by atoms with van der Waals surface area (Å²) in [6.45, 7) is 0. The number of aromatic nitrogens is 2. The molecule has 0 spiro atoms. The zero-order valence-electron chi connectivity index (χ0n) is 14.9. The lowest BCUT2D eigenvalue weighted by molar-refractivity contribution is -0.127. The second-order valence-electron chi connectivity index (χ2n) is 6.47. The number of carbonyl (C=O) groups is 1. The maximum atomic E-state index is 12.4. The van der Waals surface area contributed by atoms with Gasteiger partial charge in [0, 0.05) is 18.5 Å². The van der Waals surface area contributed by atoms with Gasteiger partial charge in [0.1, 0.15) is 5.75 Å². The zero-order valence-corrected chi connectivity index (χ0v) is 15.7. The van der Waals surface area contributed by atoms with Gasteiger partial charge in [0.15, 0.2) is 0 Å². The van der Waals surface area contributed by atoms with Crippen molar-refractivity contribution < 1.29 is 14.1 Å². The van der Waals surface area contributed by atoms with Crippen LogP contribution in [-0.4, -0.2) is 35.1 Å². The van der Waals surface area contributed by atoms with Crippen LogP contribution in [0.15, 0.2) is 53.1 Å². The van der Waals surface area contributed by atoms with Crippen LogP contribution in [0.25, 0.3) is 11.4 Å². The predicted molar refractivity (Wildman–Crippen MR) is 101 cm³/mol. The number of ether oxygens (including phenoxy) is 1. The molecule has 1 aliphatic rings. The van der Waals surface area contributed by atoms with Gasteiger partial charge >= 0.3 is 0 Å². The van der Waals surface area contributed by atoms with E-state index in [1.807, 2.05) is 48.5 Å². The molecule has 0 bridgehead atoms. The van der Waals surface area contributed by atoms with Gasteiger partial charge in [0.05, 0.1) is 24.6 Å². The molecule has 138 valence electrons. The molecule has 2 aromatic carbocycles. The van der Waals surface area contributed by atoms with Gasteiger partial charge in [-0.3, -0.25) is 4.79 Å². The molecule has 6 nitrogen and oxygen atoms in total. The van der Waals surface area contributed by atoms with Crippen LogP contribution in [0.5, 0.6) is 5.75 Å². The van der Waals surface area contributed by atoms with Gasteiger partial charge in [-0.2, -0.15) is 4.98 Å². The van der Waals surface area contributed by atoms with Crippen molar-refractivity contribution in [2.75, 3.05) is 14.2 Å². The third-order valence-corrected chi connectivity index (χ3v) is 5.12. The number of likely N-dealkylation sites (tertiary alicyclic amines) is 1. The van der Waals surface area contributed by atoms with E-state index in [4.69, 9.17) is 20.9 Å². The Morgan fingerprint density at radius 3 is 2.81 bits per heavy atom. The fourth-order valence-electron chi connectivity index (χ4n) is 3.56. The van der Waals surface area contributed by atoms with E-state index in [0.717, 1.165) is 11.1 Å². The number of likely N-dealkylation sites (N-methyl/N-ethyl adjacent to an activating group) is 1. The van der Waals surface area contributed by atoms with Crippen LogP contribution in [0, 0.1) is 0 Å². The summed E-state index contributed by atoms with van der Waals surface area (Å²) < 4.78 is 10.9. The molecule has 4 rings (SSSR count). The Balaban J connectivity index is 1.72. The van der Waals surface area contributed by atoms with E-state index >= 15 is 0 Å². The molecule has 1 saturated heterocycles. The Labute approximate surface area is 161 Å². The van der Waals surface area contributed by atoms with E-state index in [1.165, 1.54) is 0 Å². The molecule has 0 unspecified atom stereocenters. The lowest BCUT2D eigenvalue weighted by Crippen LogP contribution is -2.24. The zero-order chi connectivity index (χ0) is 19.0. The van der Waals surface area contributed by atoms with Crippen LogP contribution >= 0.6 is 11.6 Å². The predicted octanol–water partition coefficient (Wildman–Crippen LogP) is 4.09. The number of hydrogen-bond acceptors (Lipinski definition) is 5. The Bertz CT molecular complexity index is 988. The summed E-state index contributed by atoms with van der Waals surface area (Å²) in [6, 6.07) is 14.8. The lowest BCUT2D eigenvalue weighted by atomic mass is 9.93. The first kappa shape index (κ1) is 17.5. The number of halogens is 1. The monoisotopic (exact) mass is 383 g/mol. The van der Waals surface area contributed by atoms with E-state index in [0.29, 0.717) is 28.9 Å². The molecule has 27 heavy (non-hydrogen) atoms. The number of benzene rings is 2. The molecule has 2 atom stereocenters. The number of hydrogen-bond donors (Lipinski definition) is 0. The second-order valence-corrected chi connectivity index (χ2v) is 6.91. The minimum absolute atomic E-state index is 0.0296. The smallest absolute Gasteiger partial charge is 0.233 e. The number of para-hydroxylation sites is 1. The quantitative estimate of drug-likeness (QED) is 0.678. The standard InChI is InChI=1S/C20H18ClN3O3/c1-24-17(25)11-15(18(24)12-6-5-7-13(21)10-12)20-22-19(23-27-20)14-8-3-4-9-16(14)26-2/h3-10,15,18H,11H2,1-2H3/t15-,18-/m0/s1. The van der Waals surface area contributed by atoms with Crippen LogP contribution in [-0.2, 0) is 4.79 Å². The lowest BCUT2D eigenvalue weighted by Gasteiger charge is -2.23. The average Bonchev–Trinajstić information content (AvgIpc) is 3.27. The van der Waals surface area contributed by atoms with Gasteiger partial charge < -0.3 is 14.2 Å². The molecule has 7 heteroatoms. The van der Waals surface area contributed by atoms with Crippen molar-refractivity contribution in [1.29, 1.82) is 0 Å². The SMILES string of the molecule is COc1ccccc1-c1noc([C@H]2CC(=O)N(C)[C@H]2c2cccc(Cl)c2)n1. The van der Waals surface area contributed by atoms with Crippen LogP contribution in [0.3, 0.4) is 0 Å². The van der Waals surface area contributed by atoms with Crippen LogP contribution < -0.4 is 4.74 Å². The van der Waals surface area contributed by atoms with Crippen LogP contribution in [0.4, 0.5) is 0 Å². The van der Waals surface area contributed by atoms with Gasteiger partial charge in [-0.25, -0.2) is 0 Å². The van der Waals surface area contributed by atoms with Gasteiger partial charge in [-0.15, -0.1) is 0 Å². The fraction of sp³-hybridized carbons (Fsp3) is 0.250. The summed E-state index contributed by atoms with van der Waals surface area (Å²) in [5.74, 6) is 1.32. The van der Waals surface area contributed by atoms with Crippen molar-refractivity contribution in [3.05, 3.63) is 65.0 Å². The summed E-state index contributed by atoms with van der Waals surface area (Å²) in [4.78, 5) is 18.7. The van der Waals surface area contributed by atoms with E-state index in [-0.39, 0.29) is 17.9 Å². The minimum atomic E-state index is -0.239. The minimum Gasteiger partial charge on any atom is -0.496 e. The van der Waals surface area contributed by atoms with Crippen molar-refractivity contribution in [1.82, 2.24) is 15.0 Å². The summed E-state index contributed by atoms with van der Waals surface area (Å²) >= 11 is 6.15. The maximum Gasteiger partial charge on any atom is 0.233 e. The molecule has 1 fully saturated rings. The Morgan fingerprint density at radius 2 is 2.04 bits per heavy atom. The Kier molecular flexibility index (Phi) is 4.58. The number of carbonyl (C=O) groups excluding carboxylic acids is 1. The van der Waals surface area contributed by atoms with Crippen molar-refractivity contribution in [2.45, 2.75) is 18.4 Å². The molecule has 2 heterocycles. The highest BCUT2D eigenvalue weighted by molar-refractivity contribution is 6.30. The summed E-state index contributed by atoms with van der Waals surface area (Å²) in [5.41, 5.74) is 1.69. The fourth-order valence-corrected chi connectivity index (χ4v) is 3.76. The number of nitrogens with zero attached hydrogens (tertiary/aromatic N) is 3. The normalized spacial score (nSPS) is 19.5. The van der Waals surface area contributed by atoms with Crippen molar-refractivity contribution in [3.63, 3.8) is 0 Å². The van der Waals surface area contributed by atoms with Gasteiger partial charge in [-0.05, 0) is 29.8 Å². The largest absolute Gasteiger partial charge is 0.496 e. The number of amides is 1. The van der Waals surface area contributed by atoms with E-state index < -0.39 is 0 Å². The van der Waals surface area contributed by atoms with Crippen LogP contribution in [0.2, 0.25) is 5.02 Å². The molecule has 0 radical (unpaired) electrons. The van der Waals surface area contributed by atoms with Crippen LogP contribution in [0.1, 0.15) is 29.8 Å². The van der Waals surface area contributed by atoms with E-state index in [1.54, 1.807) is 19.1 Å². The summed E-state index contributed by atoms with van der Waals surface area (Å²) in [5, 5.41) is 4.74. The van der Waals surface area contributed by atoms with Gasteiger partial charge in [0.25, 0.3) is 0 Å². The molecule has 1 amide bonds. The molecule has 0 saturated carbocycles. The summed E-state index contributed by atoms with van der Waals surface area (Å²) in [6.07, 6.45) is 0.307. The van der Waals surface area contributed by atoms with Crippen molar-refractivity contribution in [3.8, 4) is 17.1 Å². The van der Waals surface area contributed by atoms with E-state index in [9.17, 15) is 4.79 Å². The molecule has 1 aliphatic heterocycles.